The highest BCUT2D eigenvalue weighted by molar-refractivity contribution is 5.96. The van der Waals surface area contributed by atoms with Crippen molar-refractivity contribution in [1.82, 2.24) is 16.0 Å². The molecule has 0 spiro atoms. The van der Waals surface area contributed by atoms with Gasteiger partial charge in [-0.05, 0) is 49.4 Å². The minimum absolute atomic E-state index is 0.0788. The number of guanidine groups is 1. The zero-order chi connectivity index (χ0) is 22.3. The molecule has 0 unspecified atom stereocenters. The van der Waals surface area contributed by atoms with Gasteiger partial charge >= 0.3 is 0 Å². The Balaban J connectivity index is 1.74. The Morgan fingerprint density at radius 2 is 1.97 bits per heavy atom. The SMILES string of the molecule is CN/C(=N\C#N)N[C@H]1CC[C@](CNC(=O)c2cc(F)ccc2O)(c2ccccc2)CC1. The Kier molecular flexibility index (Phi) is 7.08. The maximum absolute atomic E-state index is 13.5. The predicted molar refractivity (Wildman–Crippen MR) is 116 cm³/mol. The van der Waals surface area contributed by atoms with E-state index < -0.39 is 11.7 Å². The number of nitriles is 1. The van der Waals surface area contributed by atoms with E-state index in [1.807, 2.05) is 18.2 Å². The molecule has 3 rings (SSSR count). The van der Waals surface area contributed by atoms with Gasteiger partial charge in [-0.25, -0.2) is 4.39 Å². The number of carbonyl (C=O) groups is 1. The number of nitrogens with zero attached hydrogens (tertiary/aromatic N) is 2. The first-order valence-electron chi connectivity index (χ1n) is 10.2. The Bertz CT molecular complexity index is 979. The molecule has 0 aliphatic heterocycles. The number of aliphatic imine (C=N–C) groups is 1. The molecule has 0 atom stereocenters. The Morgan fingerprint density at radius 1 is 1.26 bits per heavy atom. The van der Waals surface area contributed by atoms with E-state index in [1.54, 1.807) is 13.2 Å². The third-order valence-electron chi connectivity index (χ3n) is 5.86. The van der Waals surface area contributed by atoms with Gasteiger partial charge < -0.3 is 21.1 Å². The highest BCUT2D eigenvalue weighted by Crippen LogP contribution is 2.39. The van der Waals surface area contributed by atoms with E-state index in [-0.39, 0.29) is 22.8 Å². The van der Waals surface area contributed by atoms with Gasteiger partial charge in [0, 0.05) is 25.0 Å². The Hall–Kier alpha value is -3.60. The number of amides is 1. The number of nitrogens with one attached hydrogen (secondary N) is 3. The maximum Gasteiger partial charge on any atom is 0.255 e. The van der Waals surface area contributed by atoms with Gasteiger partial charge in [-0.15, -0.1) is 4.99 Å². The smallest absolute Gasteiger partial charge is 0.255 e. The molecule has 1 aliphatic rings. The lowest BCUT2D eigenvalue weighted by molar-refractivity contribution is 0.0932. The molecule has 0 aromatic heterocycles. The van der Waals surface area contributed by atoms with Crippen LogP contribution in [0.25, 0.3) is 0 Å². The number of carbonyl (C=O) groups excluding carboxylic acids is 1. The summed E-state index contributed by atoms with van der Waals surface area (Å²) in [7, 11) is 1.71. The number of hydrogen-bond donors (Lipinski definition) is 4. The van der Waals surface area contributed by atoms with Gasteiger partial charge in [0.1, 0.15) is 11.6 Å². The van der Waals surface area contributed by atoms with Gasteiger partial charge in [0.05, 0.1) is 5.56 Å². The topological polar surface area (TPSA) is 110 Å². The zero-order valence-electron chi connectivity index (χ0n) is 17.4. The first-order valence-corrected chi connectivity index (χ1v) is 10.2. The third-order valence-corrected chi connectivity index (χ3v) is 5.86. The molecule has 1 amide bonds. The number of phenols is 1. The predicted octanol–water partition coefficient (Wildman–Crippen LogP) is 2.79. The summed E-state index contributed by atoms with van der Waals surface area (Å²) < 4.78 is 13.5. The second-order valence-electron chi connectivity index (χ2n) is 7.72. The van der Waals surface area contributed by atoms with Crippen molar-refractivity contribution in [3.8, 4) is 11.9 Å². The molecule has 4 N–H and O–H groups in total. The fraction of sp³-hybridized carbons (Fsp3) is 0.348. The van der Waals surface area contributed by atoms with Crippen LogP contribution in [0.15, 0.2) is 53.5 Å². The minimum Gasteiger partial charge on any atom is -0.507 e. The molecule has 0 saturated heterocycles. The van der Waals surface area contributed by atoms with Gasteiger partial charge in [-0.2, -0.15) is 5.26 Å². The fourth-order valence-corrected chi connectivity index (χ4v) is 4.11. The molecule has 2 aromatic rings. The molecular weight excluding hydrogens is 397 g/mol. The molecule has 2 aromatic carbocycles. The Labute approximate surface area is 181 Å². The summed E-state index contributed by atoms with van der Waals surface area (Å²) >= 11 is 0. The second kappa shape index (κ2) is 9.94. The van der Waals surface area contributed by atoms with Gasteiger partial charge in [-0.3, -0.25) is 4.79 Å². The van der Waals surface area contributed by atoms with Crippen molar-refractivity contribution in [3.05, 3.63) is 65.5 Å². The number of aromatic hydroxyl groups is 1. The Morgan fingerprint density at radius 3 is 2.61 bits per heavy atom. The van der Waals surface area contributed by atoms with E-state index in [0.717, 1.165) is 43.4 Å². The molecule has 1 aliphatic carbocycles. The summed E-state index contributed by atoms with van der Waals surface area (Å²) in [4.78, 5) is 16.4. The van der Waals surface area contributed by atoms with Crippen LogP contribution in [0.5, 0.6) is 5.75 Å². The van der Waals surface area contributed by atoms with E-state index in [0.29, 0.717) is 12.5 Å². The van der Waals surface area contributed by atoms with E-state index in [9.17, 15) is 14.3 Å². The molecular formula is C23H26FN5O2. The molecule has 7 nitrogen and oxygen atoms in total. The summed E-state index contributed by atoms with van der Waals surface area (Å²) in [6.07, 6.45) is 5.02. The third kappa shape index (κ3) is 5.31. The van der Waals surface area contributed by atoms with E-state index in [4.69, 9.17) is 5.26 Å². The molecule has 0 heterocycles. The normalized spacial score (nSPS) is 21.1. The molecule has 31 heavy (non-hydrogen) atoms. The van der Waals surface area contributed by atoms with Crippen LogP contribution in [0.2, 0.25) is 0 Å². The van der Waals surface area contributed by atoms with Gasteiger partial charge in [0.2, 0.25) is 12.2 Å². The summed E-state index contributed by atoms with van der Waals surface area (Å²) in [6.45, 7) is 0.365. The van der Waals surface area contributed by atoms with Crippen molar-refractivity contribution in [3.63, 3.8) is 0 Å². The lowest BCUT2D eigenvalue weighted by Gasteiger charge is -2.41. The molecule has 0 radical (unpaired) electrons. The number of phenolic OH excluding ortho intramolecular Hbond substituents is 1. The number of hydrogen-bond acceptors (Lipinski definition) is 4. The molecule has 162 valence electrons. The van der Waals surface area contributed by atoms with Crippen LogP contribution >= 0.6 is 0 Å². The quantitative estimate of drug-likeness (QED) is 0.336. The van der Waals surface area contributed by atoms with Crippen LogP contribution in [0.1, 0.15) is 41.6 Å². The van der Waals surface area contributed by atoms with Crippen LogP contribution in [-0.4, -0.2) is 36.6 Å². The summed E-state index contributed by atoms with van der Waals surface area (Å²) in [5, 5.41) is 27.7. The highest BCUT2D eigenvalue weighted by atomic mass is 19.1. The monoisotopic (exact) mass is 423 g/mol. The van der Waals surface area contributed by atoms with Crippen LogP contribution in [0.4, 0.5) is 4.39 Å². The largest absolute Gasteiger partial charge is 0.507 e. The second-order valence-corrected chi connectivity index (χ2v) is 7.72. The van der Waals surface area contributed by atoms with Crippen molar-refractivity contribution in [2.24, 2.45) is 4.99 Å². The number of rotatable bonds is 5. The maximum atomic E-state index is 13.5. The van der Waals surface area contributed by atoms with Gasteiger partial charge in [0.15, 0.2) is 0 Å². The van der Waals surface area contributed by atoms with Crippen molar-refractivity contribution < 1.29 is 14.3 Å². The highest BCUT2D eigenvalue weighted by Gasteiger charge is 2.37. The molecule has 8 heteroatoms. The van der Waals surface area contributed by atoms with E-state index in [2.05, 4.69) is 33.1 Å². The molecule has 1 fully saturated rings. The van der Waals surface area contributed by atoms with Gasteiger partial charge in [0.25, 0.3) is 5.91 Å². The number of benzene rings is 2. The lowest BCUT2D eigenvalue weighted by atomic mass is 9.68. The van der Waals surface area contributed by atoms with Crippen LogP contribution < -0.4 is 16.0 Å². The standard InChI is InChI=1S/C23H26FN5O2/c1-26-22(28-15-25)29-18-9-11-23(12-10-18,16-5-3-2-4-6-16)14-27-21(31)19-13-17(24)7-8-20(19)30/h2-8,13,18,30H,9-12,14H2,1H3,(H,27,31)(H2,26,28,29)/t18-,23-. The first kappa shape index (κ1) is 22.1. The van der Waals surface area contributed by atoms with Crippen molar-refractivity contribution in [2.45, 2.75) is 37.1 Å². The molecule has 0 bridgehead atoms. The van der Waals surface area contributed by atoms with Crippen molar-refractivity contribution in [1.29, 1.82) is 5.26 Å². The average molecular weight is 423 g/mol. The van der Waals surface area contributed by atoms with Gasteiger partial charge in [-0.1, -0.05) is 30.3 Å². The molecule has 1 saturated carbocycles. The van der Waals surface area contributed by atoms with Crippen molar-refractivity contribution in [2.75, 3.05) is 13.6 Å². The lowest BCUT2D eigenvalue weighted by Crippen LogP contribution is -2.49. The summed E-state index contributed by atoms with van der Waals surface area (Å²) in [5.74, 6) is -0.899. The van der Waals surface area contributed by atoms with Crippen molar-refractivity contribution >= 4 is 11.9 Å². The zero-order valence-corrected chi connectivity index (χ0v) is 17.4. The minimum atomic E-state index is -0.577. The van der Waals surface area contributed by atoms with E-state index in [1.165, 1.54) is 6.07 Å². The van der Waals surface area contributed by atoms with Crippen LogP contribution in [0.3, 0.4) is 0 Å². The van der Waals surface area contributed by atoms with Crippen LogP contribution in [0, 0.1) is 17.3 Å². The van der Waals surface area contributed by atoms with Crippen LogP contribution in [-0.2, 0) is 5.41 Å². The summed E-state index contributed by atoms with van der Waals surface area (Å²) in [6, 6.07) is 13.5. The first-order chi connectivity index (χ1) is 15.0. The van der Waals surface area contributed by atoms with E-state index >= 15 is 0 Å². The average Bonchev–Trinajstić information content (AvgIpc) is 2.80. The fourth-order valence-electron chi connectivity index (χ4n) is 4.11. The number of halogens is 1. The summed E-state index contributed by atoms with van der Waals surface area (Å²) in [5.41, 5.74) is 0.756.